The maximum absolute atomic E-state index is 10.6. The topological polar surface area (TPSA) is 90.2 Å². The molecule has 1 saturated heterocycles. The van der Waals surface area contributed by atoms with Crippen LogP contribution in [-0.4, -0.2) is 58.1 Å². The molecule has 10 heteroatoms. The second kappa shape index (κ2) is 11.3. The predicted octanol–water partition coefficient (Wildman–Crippen LogP) is 6.75. The third-order valence-corrected chi connectivity index (χ3v) is 7.16. The Labute approximate surface area is 221 Å². The summed E-state index contributed by atoms with van der Waals surface area (Å²) in [5.74, 6) is -1.35. The van der Waals surface area contributed by atoms with Crippen LogP contribution in [0.2, 0.25) is 0 Å². The molecule has 1 aliphatic rings. The Hall–Kier alpha value is -3.76. The second-order valence-corrected chi connectivity index (χ2v) is 9.91. The van der Waals surface area contributed by atoms with Gasteiger partial charge in [-0.25, -0.2) is 4.79 Å². The number of benzene rings is 3. The summed E-state index contributed by atoms with van der Waals surface area (Å²) < 4.78 is 38.9. The zero-order valence-corrected chi connectivity index (χ0v) is 21.2. The van der Waals surface area contributed by atoms with E-state index in [0.29, 0.717) is 0 Å². The number of phenolic OH excluding ortho intramolecular Hbond substituents is 2. The third kappa shape index (κ3) is 6.38. The van der Waals surface area contributed by atoms with Crippen molar-refractivity contribution in [1.82, 2.24) is 4.90 Å². The van der Waals surface area contributed by atoms with Crippen molar-refractivity contribution in [2.45, 2.75) is 25.6 Å². The first-order valence-electron chi connectivity index (χ1n) is 11.9. The molecule has 0 spiro atoms. The number of ether oxygens (including phenoxy) is 1. The molecular weight excluding hydrogens is 519 g/mol. The predicted molar refractivity (Wildman–Crippen MR) is 141 cm³/mol. The lowest BCUT2D eigenvalue weighted by Gasteiger charge is -2.38. The molecule has 2 heterocycles. The van der Waals surface area contributed by atoms with Crippen molar-refractivity contribution in [3.63, 3.8) is 0 Å². The van der Waals surface area contributed by atoms with Crippen LogP contribution in [0.25, 0.3) is 31.7 Å². The smallest absolute Gasteiger partial charge is 0.490 e. The molecule has 0 saturated carbocycles. The molecule has 0 aliphatic carbocycles. The molecule has 4 aromatic rings. The molecule has 0 bridgehead atoms. The number of fused-ring (bicyclic) bond motifs is 1. The van der Waals surface area contributed by atoms with Crippen molar-refractivity contribution in [3.8, 4) is 38.8 Å². The van der Waals surface area contributed by atoms with E-state index in [4.69, 9.17) is 14.6 Å². The van der Waals surface area contributed by atoms with Crippen LogP contribution in [0.3, 0.4) is 0 Å². The molecule has 38 heavy (non-hydrogen) atoms. The Morgan fingerprint density at radius 2 is 1.55 bits per heavy atom. The first-order valence-corrected chi connectivity index (χ1v) is 12.7. The number of halogens is 3. The van der Waals surface area contributed by atoms with Crippen molar-refractivity contribution in [2.75, 3.05) is 19.6 Å². The molecule has 3 N–H and O–H groups in total. The van der Waals surface area contributed by atoms with Crippen LogP contribution in [0.15, 0.2) is 66.7 Å². The highest BCUT2D eigenvalue weighted by Gasteiger charge is 2.38. The summed E-state index contributed by atoms with van der Waals surface area (Å²) >= 11 is 1.65. The maximum atomic E-state index is 10.6. The van der Waals surface area contributed by atoms with Crippen LogP contribution in [0, 0.1) is 0 Å². The molecule has 200 valence electrons. The summed E-state index contributed by atoms with van der Waals surface area (Å²) in [4.78, 5) is 12.4. The summed E-state index contributed by atoms with van der Waals surface area (Å²) in [6.45, 7) is 5.34. The largest absolute Gasteiger partial charge is 0.508 e. The molecule has 1 fully saturated rings. The number of aromatic hydroxyl groups is 2. The SMILES string of the molecule is CCCN1CC(Oc2ccc(-c3c(-c4ccc(O)cc4)sc4cc(O)ccc34)cc2)C1.O=C(O)C(F)(F)F. The van der Waals surface area contributed by atoms with Crippen LogP contribution >= 0.6 is 11.3 Å². The van der Waals surface area contributed by atoms with E-state index in [-0.39, 0.29) is 17.6 Å². The summed E-state index contributed by atoms with van der Waals surface area (Å²) in [6.07, 6.45) is -3.63. The van der Waals surface area contributed by atoms with Crippen LogP contribution < -0.4 is 4.74 Å². The number of alkyl halides is 3. The summed E-state index contributed by atoms with van der Waals surface area (Å²) in [6, 6.07) is 21.1. The second-order valence-electron chi connectivity index (χ2n) is 8.86. The Morgan fingerprint density at radius 3 is 2.13 bits per heavy atom. The zero-order valence-electron chi connectivity index (χ0n) is 20.4. The number of thiophene rings is 1. The van der Waals surface area contributed by atoms with Gasteiger partial charge in [0.2, 0.25) is 0 Å². The molecular formula is C28H26F3NO5S. The first kappa shape index (κ1) is 27.3. The van der Waals surface area contributed by atoms with Crippen molar-refractivity contribution < 1.29 is 38.0 Å². The van der Waals surface area contributed by atoms with E-state index in [0.717, 1.165) is 57.0 Å². The summed E-state index contributed by atoms with van der Waals surface area (Å²) in [7, 11) is 0. The van der Waals surface area contributed by atoms with E-state index in [2.05, 4.69) is 24.0 Å². The number of aliphatic carboxylic acids is 1. The van der Waals surface area contributed by atoms with E-state index in [1.807, 2.05) is 36.4 Å². The van der Waals surface area contributed by atoms with Gasteiger partial charge in [-0.3, -0.25) is 4.90 Å². The highest BCUT2D eigenvalue weighted by Crippen LogP contribution is 2.46. The van der Waals surface area contributed by atoms with Crippen molar-refractivity contribution in [2.24, 2.45) is 0 Å². The van der Waals surface area contributed by atoms with Gasteiger partial charge in [0.15, 0.2) is 0 Å². The average molecular weight is 546 g/mol. The van der Waals surface area contributed by atoms with Crippen molar-refractivity contribution in [3.05, 3.63) is 66.7 Å². The molecule has 0 radical (unpaired) electrons. The van der Waals surface area contributed by atoms with E-state index in [9.17, 15) is 23.4 Å². The number of likely N-dealkylation sites (tertiary alicyclic amines) is 1. The molecule has 0 atom stereocenters. The number of phenols is 2. The lowest BCUT2D eigenvalue weighted by molar-refractivity contribution is -0.192. The average Bonchev–Trinajstić information content (AvgIpc) is 3.22. The van der Waals surface area contributed by atoms with Crippen LogP contribution in [0.5, 0.6) is 17.2 Å². The highest BCUT2D eigenvalue weighted by atomic mass is 32.1. The van der Waals surface area contributed by atoms with E-state index >= 15 is 0 Å². The van der Waals surface area contributed by atoms with Gasteiger partial charge in [0, 0.05) is 33.6 Å². The third-order valence-electron chi connectivity index (χ3n) is 5.95. The zero-order chi connectivity index (χ0) is 27.4. The Morgan fingerprint density at radius 1 is 0.974 bits per heavy atom. The number of hydrogen-bond donors (Lipinski definition) is 3. The number of carboxylic acid groups (broad SMARTS) is 1. The first-order chi connectivity index (χ1) is 18.0. The van der Waals surface area contributed by atoms with Gasteiger partial charge in [0.25, 0.3) is 0 Å². The minimum Gasteiger partial charge on any atom is -0.508 e. The molecule has 5 rings (SSSR count). The number of nitrogens with zero attached hydrogens (tertiary/aromatic N) is 1. The Bertz CT molecular complexity index is 1400. The van der Waals surface area contributed by atoms with Gasteiger partial charge in [-0.05, 0) is 78.7 Å². The van der Waals surface area contributed by atoms with Gasteiger partial charge in [-0.2, -0.15) is 13.2 Å². The molecule has 0 amide bonds. The summed E-state index contributed by atoms with van der Waals surface area (Å²) in [5.41, 5.74) is 3.28. The normalized spacial score (nSPS) is 14.0. The maximum Gasteiger partial charge on any atom is 0.490 e. The minimum atomic E-state index is -5.08. The van der Waals surface area contributed by atoms with Gasteiger partial charge < -0.3 is 20.1 Å². The van der Waals surface area contributed by atoms with Crippen LogP contribution in [-0.2, 0) is 4.79 Å². The van der Waals surface area contributed by atoms with Gasteiger partial charge in [0.1, 0.15) is 23.4 Å². The van der Waals surface area contributed by atoms with Gasteiger partial charge in [0.05, 0.1) is 0 Å². The van der Waals surface area contributed by atoms with Crippen molar-refractivity contribution >= 4 is 27.4 Å². The van der Waals surface area contributed by atoms with E-state index in [1.54, 1.807) is 29.5 Å². The molecule has 1 aromatic heterocycles. The number of hydrogen-bond acceptors (Lipinski definition) is 6. The molecule has 0 unspecified atom stereocenters. The fourth-order valence-corrected chi connectivity index (χ4v) is 5.44. The van der Waals surface area contributed by atoms with E-state index < -0.39 is 12.1 Å². The monoisotopic (exact) mass is 545 g/mol. The Balaban J connectivity index is 0.000000426. The van der Waals surface area contributed by atoms with Crippen molar-refractivity contribution in [1.29, 1.82) is 0 Å². The quantitative estimate of drug-likeness (QED) is 0.248. The van der Waals surface area contributed by atoms with Gasteiger partial charge in [-0.1, -0.05) is 19.1 Å². The summed E-state index contributed by atoms with van der Waals surface area (Å²) in [5, 5.41) is 27.9. The van der Waals surface area contributed by atoms with Gasteiger partial charge >= 0.3 is 12.1 Å². The lowest BCUT2D eigenvalue weighted by atomic mass is 9.98. The minimum absolute atomic E-state index is 0.249. The fourth-order valence-electron chi connectivity index (χ4n) is 4.18. The highest BCUT2D eigenvalue weighted by molar-refractivity contribution is 7.23. The number of carboxylic acids is 1. The fraction of sp³-hybridized carbons (Fsp3) is 0.250. The lowest BCUT2D eigenvalue weighted by Crippen LogP contribution is -2.53. The number of rotatable bonds is 6. The number of carbonyl (C=O) groups is 1. The van der Waals surface area contributed by atoms with Crippen LogP contribution in [0.4, 0.5) is 13.2 Å². The van der Waals surface area contributed by atoms with Gasteiger partial charge in [-0.15, -0.1) is 11.3 Å². The molecule has 6 nitrogen and oxygen atoms in total. The molecule has 3 aromatic carbocycles. The Kier molecular flexibility index (Phi) is 8.13. The van der Waals surface area contributed by atoms with Crippen LogP contribution in [0.1, 0.15) is 13.3 Å². The standard InChI is InChI=1S/C26H25NO3S.C2HF3O2/c1-2-13-27-15-22(16-27)30-21-10-5-17(6-11-21)25-23-12-9-20(29)14-24(23)31-26(25)18-3-7-19(28)8-4-18;3-2(4,5)1(6)7/h3-12,14,22,28-29H,2,13,15-16H2,1H3;(H,6,7). The van der Waals surface area contributed by atoms with E-state index in [1.165, 1.54) is 6.42 Å². The molecule has 1 aliphatic heterocycles.